The Hall–Kier alpha value is -1.24. The molecular formula is C13H19ClF3N3O. The van der Waals surface area contributed by atoms with E-state index in [1.165, 1.54) is 0 Å². The molecule has 0 unspecified atom stereocenters. The summed E-state index contributed by atoms with van der Waals surface area (Å²) in [6, 6.07) is 0. The van der Waals surface area contributed by atoms with Crippen molar-refractivity contribution in [3.05, 3.63) is 21.6 Å². The largest absolute Gasteiger partial charge is 0.408 e. The molecule has 0 aliphatic rings. The molecule has 4 nitrogen and oxygen atoms in total. The maximum Gasteiger partial charge on any atom is 0.408 e. The van der Waals surface area contributed by atoms with Crippen LogP contribution in [-0.2, 0) is 6.54 Å². The molecule has 1 rings (SSSR count). The zero-order valence-corrected chi connectivity index (χ0v) is 13.1. The Bertz CT molecular complexity index is 553. The van der Waals surface area contributed by atoms with Gasteiger partial charge in [-0.1, -0.05) is 39.3 Å². The number of anilines is 1. The van der Waals surface area contributed by atoms with E-state index < -0.39 is 18.3 Å². The average Bonchev–Trinajstić information content (AvgIpc) is 2.32. The van der Waals surface area contributed by atoms with Gasteiger partial charge in [-0.2, -0.15) is 18.3 Å². The molecule has 0 amide bonds. The highest BCUT2D eigenvalue weighted by atomic mass is 35.5. The van der Waals surface area contributed by atoms with Gasteiger partial charge in [0.1, 0.15) is 11.6 Å². The maximum atomic E-state index is 12.3. The number of alkyl halides is 3. The molecule has 0 fully saturated rings. The standard InChI is InChI=1S/C13H19ClF3N3O/c1-8(2)12(3,4)6-18-9-5-19-20(7-13(15,16)17)11(21)10(9)14/h5,8,18H,6-7H2,1-4H3. The molecule has 1 N–H and O–H groups in total. The molecule has 21 heavy (non-hydrogen) atoms. The molecule has 1 aromatic rings. The van der Waals surface area contributed by atoms with E-state index in [-0.39, 0.29) is 16.1 Å². The Morgan fingerprint density at radius 2 is 1.95 bits per heavy atom. The van der Waals surface area contributed by atoms with Gasteiger partial charge in [-0.3, -0.25) is 4.79 Å². The zero-order valence-electron chi connectivity index (χ0n) is 12.4. The number of hydrogen-bond donors (Lipinski definition) is 1. The number of hydrogen-bond acceptors (Lipinski definition) is 3. The summed E-state index contributed by atoms with van der Waals surface area (Å²) in [4.78, 5) is 11.8. The van der Waals surface area contributed by atoms with Gasteiger partial charge in [0.15, 0.2) is 0 Å². The molecule has 0 spiro atoms. The van der Waals surface area contributed by atoms with Crippen molar-refractivity contribution in [1.29, 1.82) is 0 Å². The SMILES string of the molecule is CC(C)C(C)(C)CNc1cnn(CC(F)(F)F)c(=O)c1Cl. The van der Waals surface area contributed by atoms with E-state index in [2.05, 4.69) is 24.3 Å². The lowest BCUT2D eigenvalue weighted by atomic mass is 9.81. The fourth-order valence-electron chi connectivity index (χ4n) is 1.40. The molecular weight excluding hydrogens is 307 g/mol. The number of halogens is 4. The lowest BCUT2D eigenvalue weighted by Crippen LogP contribution is -2.32. The topological polar surface area (TPSA) is 46.9 Å². The molecule has 120 valence electrons. The first-order valence-corrected chi connectivity index (χ1v) is 6.88. The fourth-order valence-corrected chi connectivity index (χ4v) is 1.61. The average molecular weight is 326 g/mol. The summed E-state index contributed by atoms with van der Waals surface area (Å²) in [7, 11) is 0. The van der Waals surface area contributed by atoms with Crippen molar-refractivity contribution in [3.8, 4) is 0 Å². The van der Waals surface area contributed by atoms with Gasteiger partial charge in [-0.15, -0.1) is 0 Å². The van der Waals surface area contributed by atoms with E-state index in [0.717, 1.165) is 6.20 Å². The minimum absolute atomic E-state index is 0.0653. The second-order valence-corrected chi connectivity index (χ2v) is 6.33. The van der Waals surface area contributed by atoms with E-state index in [0.29, 0.717) is 17.1 Å². The van der Waals surface area contributed by atoms with E-state index in [1.807, 2.05) is 13.8 Å². The van der Waals surface area contributed by atoms with Gasteiger partial charge in [-0.25, -0.2) is 4.68 Å². The monoisotopic (exact) mass is 325 g/mol. The summed E-state index contributed by atoms with van der Waals surface area (Å²) in [5.74, 6) is 0.377. The van der Waals surface area contributed by atoms with Crippen molar-refractivity contribution >= 4 is 17.3 Å². The Morgan fingerprint density at radius 1 is 1.38 bits per heavy atom. The molecule has 0 saturated carbocycles. The van der Waals surface area contributed by atoms with Gasteiger partial charge in [0, 0.05) is 6.54 Å². The minimum atomic E-state index is -4.52. The van der Waals surface area contributed by atoms with Crippen LogP contribution in [0.1, 0.15) is 27.7 Å². The summed E-state index contributed by atoms with van der Waals surface area (Å²) in [6.45, 7) is 7.26. The molecule has 8 heteroatoms. The Kier molecular flexibility index (Phi) is 5.30. The van der Waals surface area contributed by atoms with Crippen molar-refractivity contribution in [1.82, 2.24) is 9.78 Å². The van der Waals surface area contributed by atoms with Crippen LogP contribution in [0.25, 0.3) is 0 Å². The van der Waals surface area contributed by atoms with Crippen molar-refractivity contribution in [2.24, 2.45) is 11.3 Å². The molecule has 0 aliphatic carbocycles. The highest BCUT2D eigenvalue weighted by Crippen LogP contribution is 2.27. The van der Waals surface area contributed by atoms with Gasteiger partial charge < -0.3 is 5.32 Å². The second-order valence-electron chi connectivity index (χ2n) is 5.95. The predicted octanol–water partition coefficient (Wildman–Crippen LogP) is 3.55. The van der Waals surface area contributed by atoms with Crippen LogP contribution >= 0.6 is 11.6 Å². The van der Waals surface area contributed by atoms with E-state index in [9.17, 15) is 18.0 Å². The third-order valence-electron chi connectivity index (χ3n) is 3.61. The smallest absolute Gasteiger partial charge is 0.382 e. The van der Waals surface area contributed by atoms with Crippen LogP contribution in [0, 0.1) is 11.3 Å². The summed E-state index contributed by atoms with van der Waals surface area (Å²) in [6.07, 6.45) is -3.37. The summed E-state index contributed by atoms with van der Waals surface area (Å²) < 4.78 is 37.2. The van der Waals surface area contributed by atoms with E-state index in [1.54, 1.807) is 0 Å². The van der Waals surface area contributed by atoms with E-state index in [4.69, 9.17) is 11.6 Å². The second kappa shape index (κ2) is 6.25. The molecule has 0 saturated heterocycles. The number of nitrogens with zero attached hydrogens (tertiary/aromatic N) is 2. The lowest BCUT2D eigenvalue weighted by Gasteiger charge is -2.30. The predicted molar refractivity (Wildman–Crippen MR) is 76.7 cm³/mol. The van der Waals surface area contributed by atoms with Gasteiger partial charge in [0.25, 0.3) is 5.56 Å². The van der Waals surface area contributed by atoms with Crippen molar-refractivity contribution in [2.45, 2.75) is 40.4 Å². The molecule has 0 aliphatic heterocycles. The van der Waals surface area contributed by atoms with Crippen LogP contribution in [0.5, 0.6) is 0 Å². The van der Waals surface area contributed by atoms with Crippen LogP contribution < -0.4 is 10.9 Å². The number of nitrogens with one attached hydrogen (secondary N) is 1. The highest BCUT2D eigenvalue weighted by molar-refractivity contribution is 6.32. The fraction of sp³-hybridized carbons (Fsp3) is 0.692. The van der Waals surface area contributed by atoms with Gasteiger partial charge >= 0.3 is 6.18 Å². The lowest BCUT2D eigenvalue weighted by molar-refractivity contribution is -0.143. The Labute approximate surface area is 126 Å². The third-order valence-corrected chi connectivity index (χ3v) is 3.98. The third kappa shape index (κ3) is 4.91. The van der Waals surface area contributed by atoms with Crippen molar-refractivity contribution < 1.29 is 13.2 Å². The van der Waals surface area contributed by atoms with Crippen LogP contribution in [0.3, 0.4) is 0 Å². The molecule has 1 aromatic heterocycles. The number of aromatic nitrogens is 2. The molecule has 1 heterocycles. The normalized spacial score (nSPS) is 12.8. The first-order chi connectivity index (χ1) is 9.44. The van der Waals surface area contributed by atoms with Crippen LogP contribution in [0.15, 0.2) is 11.0 Å². The number of rotatable bonds is 5. The summed E-state index contributed by atoms with van der Waals surface area (Å²) in [5.41, 5.74) is -0.778. The maximum absolute atomic E-state index is 12.3. The Balaban J connectivity index is 2.93. The van der Waals surface area contributed by atoms with Crippen LogP contribution in [-0.4, -0.2) is 22.5 Å². The first-order valence-electron chi connectivity index (χ1n) is 6.50. The van der Waals surface area contributed by atoms with Crippen molar-refractivity contribution in [3.63, 3.8) is 0 Å². The molecule has 0 radical (unpaired) electrons. The highest BCUT2D eigenvalue weighted by Gasteiger charge is 2.30. The Morgan fingerprint density at radius 3 is 2.43 bits per heavy atom. The van der Waals surface area contributed by atoms with Crippen molar-refractivity contribution in [2.75, 3.05) is 11.9 Å². The minimum Gasteiger partial charge on any atom is -0.382 e. The zero-order chi connectivity index (χ0) is 16.4. The summed E-state index contributed by atoms with van der Waals surface area (Å²) >= 11 is 5.83. The quantitative estimate of drug-likeness (QED) is 0.900. The molecule has 0 bridgehead atoms. The van der Waals surface area contributed by atoms with Crippen LogP contribution in [0.2, 0.25) is 5.02 Å². The molecule has 0 aromatic carbocycles. The van der Waals surface area contributed by atoms with Gasteiger partial charge in [0.05, 0.1) is 11.9 Å². The van der Waals surface area contributed by atoms with Gasteiger partial charge in [-0.05, 0) is 11.3 Å². The van der Waals surface area contributed by atoms with Gasteiger partial charge in [0.2, 0.25) is 0 Å². The summed E-state index contributed by atoms with van der Waals surface area (Å²) in [5, 5.41) is 6.20. The molecule has 0 atom stereocenters. The van der Waals surface area contributed by atoms with Crippen LogP contribution in [0.4, 0.5) is 18.9 Å². The first kappa shape index (κ1) is 17.8. The van der Waals surface area contributed by atoms with E-state index >= 15 is 0 Å².